The quantitative estimate of drug-likeness (QED) is 0.485. The van der Waals surface area contributed by atoms with Crippen molar-refractivity contribution in [2.45, 2.75) is 32.6 Å². The van der Waals surface area contributed by atoms with Gasteiger partial charge in [-0.1, -0.05) is 19.8 Å². The first-order valence-electron chi connectivity index (χ1n) is 4.36. The van der Waals surface area contributed by atoms with Gasteiger partial charge in [-0.15, -0.1) is 0 Å². The zero-order valence-corrected chi connectivity index (χ0v) is 10.8. The molecule has 0 aliphatic heterocycles. The second-order valence-corrected chi connectivity index (χ2v) is 9.10. The SMILES string of the molecule is CCCCCC[P+](C)(C)C.[Br-]. The van der Waals surface area contributed by atoms with E-state index >= 15 is 0 Å². The van der Waals surface area contributed by atoms with Gasteiger partial charge >= 0.3 is 0 Å². The van der Waals surface area contributed by atoms with Crippen LogP contribution in [0, 0.1) is 0 Å². The van der Waals surface area contributed by atoms with E-state index in [9.17, 15) is 0 Å². The zero-order valence-electron chi connectivity index (χ0n) is 8.36. The summed E-state index contributed by atoms with van der Waals surface area (Å²) in [5, 5.41) is 0. The Kier molecular flexibility index (Phi) is 9.91. The minimum atomic E-state index is -0.456. The van der Waals surface area contributed by atoms with Crippen LogP contribution in [0.2, 0.25) is 0 Å². The summed E-state index contributed by atoms with van der Waals surface area (Å²) in [6.45, 7) is 9.56. The Labute approximate surface area is 83.3 Å². The van der Waals surface area contributed by atoms with Gasteiger partial charge < -0.3 is 17.0 Å². The molecule has 0 rings (SSSR count). The van der Waals surface area contributed by atoms with E-state index in [2.05, 4.69) is 26.9 Å². The van der Waals surface area contributed by atoms with Crippen molar-refractivity contribution in [3.8, 4) is 0 Å². The first kappa shape index (κ1) is 14.4. The van der Waals surface area contributed by atoms with Gasteiger partial charge in [-0.05, 0) is 12.8 Å². The normalized spacial score (nSPS) is 10.9. The first-order valence-corrected chi connectivity index (χ1v) is 7.68. The molecule has 0 aromatic carbocycles. The highest BCUT2D eigenvalue weighted by Gasteiger charge is 2.14. The highest BCUT2D eigenvalue weighted by Crippen LogP contribution is 2.47. The largest absolute Gasteiger partial charge is 1.00 e. The number of unbranched alkanes of at least 4 members (excludes halogenated alkanes) is 3. The Hall–Kier alpha value is 0.910. The Balaban J connectivity index is 0. The van der Waals surface area contributed by atoms with E-state index < -0.39 is 7.26 Å². The third-order valence-electron chi connectivity index (χ3n) is 1.68. The van der Waals surface area contributed by atoms with Crippen molar-refractivity contribution >= 4 is 7.26 Å². The van der Waals surface area contributed by atoms with E-state index in [0.717, 1.165) is 0 Å². The lowest BCUT2D eigenvalue weighted by atomic mass is 10.2. The van der Waals surface area contributed by atoms with Gasteiger partial charge in [0.2, 0.25) is 0 Å². The average Bonchev–Trinajstić information content (AvgIpc) is 1.78. The van der Waals surface area contributed by atoms with Crippen LogP contribution >= 0.6 is 7.26 Å². The summed E-state index contributed by atoms with van der Waals surface area (Å²) in [5.74, 6) is 0. The Morgan fingerprint density at radius 1 is 0.909 bits per heavy atom. The summed E-state index contributed by atoms with van der Waals surface area (Å²) in [5.41, 5.74) is 0. The summed E-state index contributed by atoms with van der Waals surface area (Å²) >= 11 is 0. The molecule has 0 heterocycles. The average molecular weight is 241 g/mol. The van der Waals surface area contributed by atoms with Crippen LogP contribution in [0.4, 0.5) is 0 Å². The molecule has 0 nitrogen and oxygen atoms in total. The summed E-state index contributed by atoms with van der Waals surface area (Å²) in [4.78, 5) is 0. The second-order valence-electron chi connectivity index (χ2n) is 4.07. The van der Waals surface area contributed by atoms with E-state index in [1.54, 1.807) is 0 Å². The lowest BCUT2D eigenvalue weighted by molar-refractivity contribution is -0.00000257. The monoisotopic (exact) mass is 240 g/mol. The van der Waals surface area contributed by atoms with Crippen LogP contribution in [0.5, 0.6) is 0 Å². The third kappa shape index (κ3) is 13.8. The molecule has 0 aliphatic rings. The smallest absolute Gasteiger partial charge is 0.0586 e. The predicted molar refractivity (Wildman–Crippen MR) is 53.7 cm³/mol. The fourth-order valence-electron chi connectivity index (χ4n) is 1.01. The molecular weight excluding hydrogens is 219 g/mol. The van der Waals surface area contributed by atoms with Gasteiger partial charge in [0, 0.05) is 27.3 Å². The molecule has 11 heavy (non-hydrogen) atoms. The highest BCUT2D eigenvalue weighted by molar-refractivity contribution is 7.73. The maximum atomic E-state index is 2.43. The first-order chi connectivity index (χ1) is 4.56. The van der Waals surface area contributed by atoms with Crippen molar-refractivity contribution in [2.75, 3.05) is 26.2 Å². The molecule has 0 radical (unpaired) electrons. The van der Waals surface area contributed by atoms with Gasteiger partial charge in [-0.25, -0.2) is 0 Å². The maximum Gasteiger partial charge on any atom is 0.0586 e. The van der Waals surface area contributed by atoms with Gasteiger partial charge in [0.15, 0.2) is 0 Å². The third-order valence-corrected chi connectivity index (χ3v) is 3.34. The topological polar surface area (TPSA) is 0 Å². The molecule has 0 aliphatic carbocycles. The molecule has 0 aromatic heterocycles. The molecule has 0 spiro atoms. The van der Waals surface area contributed by atoms with Gasteiger partial charge in [-0.3, -0.25) is 0 Å². The van der Waals surface area contributed by atoms with Crippen molar-refractivity contribution in [1.29, 1.82) is 0 Å². The van der Waals surface area contributed by atoms with Gasteiger partial charge in [0.25, 0.3) is 0 Å². The van der Waals surface area contributed by atoms with Crippen molar-refractivity contribution < 1.29 is 17.0 Å². The lowest BCUT2D eigenvalue weighted by Crippen LogP contribution is -3.00. The van der Waals surface area contributed by atoms with Crippen molar-refractivity contribution in [1.82, 2.24) is 0 Å². The van der Waals surface area contributed by atoms with Gasteiger partial charge in [0.05, 0.1) is 6.16 Å². The fourth-order valence-corrected chi connectivity index (χ4v) is 2.19. The summed E-state index contributed by atoms with van der Waals surface area (Å²) < 4.78 is 0. The number of hydrogen-bond acceptors (Lipinski definition) is 0. The van der Waals surface area contributed by atoms with Crippen LogP contribution in [0.15, 0.2) is 0 Å². The van der Waals surface area contributed by atoms with E-state index in [-0.39, 0.29) is 17.0 Å². The van der Waals surface area contributed by atoms with Crippen LogP contribution in [0.3, 0.4) is 0 Å². The summed E-state index contributed by atoms with van der Waals surface area (Å²) in [6, 6.07) is 0. The Morgan fingerprint density at radius 3 is 1.82 bits per heavy atom. The van der Waals surface area contributed by atoms with Crippen molar-refractivity contribution in [2.24, 2.45) is 0 Å². The number of rotatable bonds is 5. The van der Waals surface area contributed by atoms with Crippen LogP contribution in [-0.2, 0) is 0 Å². The number of halogens is 1. The molecule has 0 fully saturated rings. The van der Waals surface area contributed by atoms with Crippen LogP contribution in [0.25, 0.3) is 0 Å². The lowest BCUT2D eigenvalue weighted by Gasteiger charge is -2.10. The fraction of sp³-hybridized carbons (Fsp3) is 1.00. The molecular formula is C9H22BrP. The van der Waals surface area contributed by atoms with E-state index in [0.29, 0.717) is 0 Å². The molecule has 0 bridgehead atoms. The molecule has 0 aromatic rings. The molecule has 0 amide bonds. The maximum absolute atomic E-state index is 2.43. The molecule has 70 valence electrons. The number of hydrogen-bond donors (Lipinski definition) is 0. The minimum Gasteiger partial charge on any atom is -1.00 e. The van der Waals surface area contributed by atoms with E-state index in [1.807, 2.05) is 0 Å². The van der Waals surface area contributed by atoms with Gasteiger partial charge in [0.1, 0.15) is 0 Å². The van der Waals surface area contributed by atoms with Crippen molar-refractivity contribution in [3.05, 3.63) is 0 Å². The predicted octanol–water partition coefficient (Wildman–Crippen LogP) is 0.478. The zero-order chi connectivity index (χ0) is 8.04. The minimum absolute atomic E-state index is 0. The van der Waals surface area contributed by atoms with Crippen LogP contribution in [0.1, 0.15) is 32.6 Å². The van der Waals surface area contributed by atoms with E-state index in [1.165, 1.54) is 31.8 Å². The molecule has 0 saturated heterocycles. The second kappa shape index (κ2) is 7.55. The Morgan fingerprint density at radius 2 is 1.45 bits per heavy atom. The van der Waals surface area contributed by atoms with E-state index in [4.69, 9.17) is 0 Å². The van der Waals surface area contributed by atoms with Crippen LogP contribution < -0.4 is 17.0 Å². The summed E-state index contributed by atoms with van der Waals surface area (Å²) in [6.07, 6.45) is 7.20. The van der Waals surface area contributed by atoms with Gasteiger partial charge in [-0.2, -0.15) is 0 Å². The highest BCUT2D eigenvalue weighted by atomic mass is 79.9. The molecule has 0 saturated carbocycles. The molecule has 0 N–H and O–H groups in total. The molecule has 2 heteroatoms. The van der Waals surface area contributed by atoms with Crippen LogP contribution in [-0.4, -0.2) is 26.2 Å². The molecule has 0 atom stereocenters. The van der Waals surface area contributed by atoms with Crippen molar-refractivity contribution in [3.63, 3.8) is 0 Å². The Bertz CT molecular complexity index is 76.1. The standard InChI is InChI=1S/C9H22P.BrH/c1-5-6-7-8-9-10(2,3)4;/h5-9H2,1-4H3;1H/q+1;/p-1. The summed E-state index contributed by atoms with van der Waals surface area (Å²) in [7, 11) is -0.456. The molecule has 0 unspecified atom stereocenters.